The Labute approximate surface area is 110 Å². The minimum atomic E-state index is -0.244. The van der Waals surface area contributed by atoms with Crippen LogP contribution in [0.25, 0.3) is 0 Å². The van der Waals surface area contributed by atoms with E-state index in [0.29, 0.717) is 6.54 Å². The van der Waals surface area contributed by atoms with Gasteiger partial charge < -0.3 is 9.47 Å². The fourth-order valence-electron chi connectivity index (χ4n) is 1.43. The number of hydrogen-bond donors (Lipinski definition) is 0. The maximum Gasteiger partial charge on any atom is 0.319 e. The van der Waals surface area contributed by atoms with E-state index in [-0.39, 0.29) is 12.5 Å². The second-order valence-corrected chi connectivity index (χ2v) is 4.56. The van der Waals surface area contributed by atoms with Crippen molar-refractivity contribution in [2.45, 2.75) is 6.54 Å². The zero-order chi connectivity index (χ0) is 12.8. The zero-order valence-electron chi connectivity index (χ0n) is 10.2. The normalized spacial score (nSPS) is 10.4. The van der Waals surface area contributed by atoms with E-state index in [2.05, 4.69) is 20.7 Å². The first kappa shape index (κ1) is 14.0. The lowest BCUT2D eigenvalue weighted by atomic mass is 10.2. The molecule has 0 aromatic heterocycles. The molecule has 0 saturated carbocycles. The number of likely N-dealkylation sites (N-methyl/N-ethyl adjacent to an activating group) is 1. The summed E-state index contributed by atoms with van der Waals surface area (Å²) >= 11 is 3.47. The van der Waals surface area contributed by atoms with Gasteiger partial charge in [0.1, 0.15) is 5.75 Å². The van der Waals surface area contributed by atoms with Gasteiger partial charge in [-0.3, -0.25) is 9.69 Å². The van der Waals surface area contributed by atoms with Gasteiger partial charge in [-0.2, -0.15) is 0 Å². The molecule has 17 heavy (non-hydrogen) atoms. The topological polar surface area (TPSA) is 38.8 Å². The van der Waals surface area contributed by atoms with E-state index in [1.165, 1.54) is 7.11 Å². The highest BCUT2D eigenvalue weighted by Gasteiger charge is 2.09. The minimum Gasteiger partial charge on any atom is -0.497 e. The van der Waals surface area contributed by atoms with Crippen LogP contribution < -0.4 is 4.74 Å². The van der Waals surface area contributed by atoms with Crippen LogP contribution in [0.2, 0.25) is 0 Å². The number of ether oxygens (including phenoxy) is 2. The minimum absolute atomic E-state index is 0.244. The summed E-state index contributed by atoms with van der Waals surface area (Å²) in [5.41, 5.74) is 1.07. The monoisotopic (exact) mass is 301 g/mol. The van der Waals surface area contributed by atoms with E-state index in [1.54, 1.807) is 7.11 Å². The highest BCUT2D eigenvalue weighted by Crippen LogP contribution is 2.23. The molecule has 0 heterocycles. The summed E-state index contributed by atoms with van der Waals surface area (Å²) in [5, 5.41) is 0. The average Bonchev–Trinajstić information content (AvgIpc) is 2.31. The highest BCUT2D eigenvalue weighted by molar-refractivity contribution is 9.10. The second kappa shape index (κ2) is 6.61. The Balaban J connectivity index is 2.70. The fraction of sp³-hybridized carbons (Fsp3) is 0.417. The Bertz CT molecular complexity index is 395. The molecule has 5 heteroatoms. The molecule has 0 bridgehead atoms. The van der Waals surface area contributed by atoms with E-state index in [0.717, 1.165) is 15.8 Å². The number of carbonyl (C=O) groups is 1. The van der Waals surface area contributed by atoms with Crippen LogP contribution in [0.4, 0.5) is 0 Å². The summed E-state index contributed by atoms with van der Waals surface area (Å²) in [6, 6.07) is 5.76. The van der Waals surface area contributed by atoms with Crippen molar-refractivity contribution in [2.75, 3.05) is 27.8 Å². The van der Waals surface area contributed by atoms with Gasteiger partial charge in [0.2, 0.25) is 0 Å². The molecule has 0 fully saturated rings. The lowest BCUT2D eigenvalue weighted by Crippen LogP contribution is -2.26. The fourth-order valence-corrected chi connectivity index (χ4v) is 1.80. The van der Waals surface area contributed by atoms with E-state index in [4.69, 9.17) is 4.74 Å². The molecule has 94 valence electrons. The third-order valence-electron chi connectivity index (χ3n) is 2.32. The van der Waals surface area contributed by atoms with E-state index >= 15 is 0 Å². The largest absolute Gasteiger partial charge is 0.497 e. The maximum absolute atomic E-state index is 11.1. The third kappa shape index (κ3) is 4.36. The average molecular weight is 302 g/mol. The molecule has 0 radical (unpaired) electrons. The molecule has 0 aliphatic carbocycles. The molecule has 0 unspecified atom stereocenters. The maximum atomic E-state index is 11.1. The van der Waals surface area contributed by atoms with Crippen LogP contribution in [-0.4, -0.2) is 38.7 Å². The molecule has 1 rings (SSSR count). The van der Waals surface area contributed by atoms with Crippen molar-refractivity contribution in [3.8, 4) is 5.75 Å². The predicted molar refractivity (Wildman–Crippen MR) is 69.0 cm³/mol. The van der Waals surface area contributed by atoms with Crippen molar-refractivity contribution in [2.24, 2.45) is 0 Å². The number of benzene rings is 1. The number of carbonyl (C=O) groups excluding carboxylic acids is 1. The summed E-state index contributed by atoms with van der Waals surface area (Å²) in [6.45, 7) is 0.910. The van der Waals surface area contributed by atoms with Gasteiger partial charge in [-0.25, -0.2) is 0 Å². The number of nitrogens with zero attached hydrogens (tertiary/aromatic N) is 1. The van der Waals surface area contributed by atoms with Gasteiger partial charge in [-0.1, -0.05) is 15.9 Å². The van der Waals surface area contributed by atoms with Crippen LogP contribution in [0.3, 0.4) is 0 Å². The quantitative estimate of drug-likeness (QED) is 0.781. The molecule has 0 atom stereocenters. The van der Waals surface area contributed by atoms with Crippen molar-refractivity contribution in [1.82, 2.24) is 4.90 Å². The molecule has 1 aromatic carbocycles. The van der Waals surface area contributed by atoms with Crippen molar-refractivity contribution < 1.29 is 14.3 Å². The summed E-state index contributed by atoms with van der Waals surface area (Å²) in [7, 11) is 4.88. The summed E-state index contributed by atoms with van der Waals surface area (Å²) in [5.74, 6) is 0.557. The second-order valence-electron chi connectivity index (χ2n) is 3.71. The van der Waals surface area contributed by atoms with Crippen LogP contribution in [-0.2, 0) is 16.1 Å². The Hall–Kier alpha value is -1.07. The van der Waals surface area contributed by atoms with Gasteiger partial charge >= 0.3 is 5.97 Å². The number of halogens is 1. The van der Waals surface area contributed by atoms with Crippen molar-refractivity contribution in [3.05, 3.63) is 28.2 Å². The van der Waals surface area contributed by atoms with Gasteiger partial charge in [-0.15, -0.1) is 0 Å². The lowest BCUT2D eigenvalue weighted by Gasteiger charge is -2.16. The van der Waals surface area contributed by atoms with E-state index in [1.807, 2.05) is 30.1 Å². The summed E-state index contributed by atoms with van der Waals surface area (Å²) < 4.78 is 10.8. The number of esters is 1. The number of methoxy groups -OCH3 is 2. The summed E-state index contributed by atoms with van der Waals surface area (Å²) in [6.07, 6.45) is 0. The first-order valence-electron chi connectivity index (χ1n) is 5.14. The Kier molecular flexibility index (Phi) is 5.44. The lowest BCUT2D eigenvalue weighted by molar-refractivity contribution is -0.141. The predicted octanol–water partition coefficient (Wildman–Crippen LogP) is 2.06. The Morgan fingerprint density at radius 3 is 2.71 bits per heavy atom. The smallest absolute Gasteiger partial charge is 0.319 e. The van der Waals surface area contributed by atoms with Crippen molar-refractivity contribution in [1.29, 1.82) is 0 Å². The molecule has 0 aliphatic heterocycles. The van der Waals surface area contributed by atoms with Gasteiger partial charge in [-0.05, 0) is 30.8 Å². The first-order valence-corrected chi connectivity index (χ1v) is 5.94. The third-order valence-corrected chi connectivity index (χ3v) is 3.09. The summed E-state index contributed by atoms with van der Waals surface area (Å²) in [4.78, 5) is 13.0. The van der Waals surface area contributed by atoms with Gasteiger partial charge in [0.15, 0.2) is 0 Å². The molecular formula is C12H16BrNO3. The molecule has 4 nitrogen and oxygen atoms in total. The van der Waals surface area contributed by atoms with Gasteiger partial charge in [0, 0.05) is 11.0 Å². The molecule has 0 aliphatic rings. The van der Waals surface area contributed by atoms with Crippen LogP contribution in [0.5, 0.6) is 5.75 Å². The molecule has 0 amide bonds. The Morgan fingerprint density at radius 1 is 1.41 bits per heavy atom. The van der Waals surface area contributed by atoms with Gasteiger partial charge in [0.25, 0.3) is 0 Å². The standard InChI is InChI=1S/C12H16BrNO3/c1-14(8-12(15)17-3)7-9-6-10(16-2)4-5-11(9)13/h4-6H,7-8H2,1-3H3. The highest BCUT2D eigenvalue weighted by atomic mass is 79.9. The molecule has 0 saturated heterocycles. The van der Waals surface area contributed by atoms with Gasteiger partial charge in [0.05, 0.1) is 20.8 Å². The van der Waals surface area contributed by atoms with Crippen molar-refractivity contribution >= 4 is 21.9 Å². The van der Waals surface area contributed by atoms with E-state index < -0.39 is 0 Å². The molecule has 1 aromatic rings. The van der Waals surface area contributed by atoms with Crippen LogP contribution in [0.1, 0.15) is 5.56 Å². The van der Waals surface area contributed by atoms with Crippen molar-refractivity contribution in [3.63, 3.8) is 0 Å². The SMILES string of the molecule is COC(=O)CN(C)Cc1cc(OC)ccc1Br. The first-order chi connectivity index (χ1) is 8.06. The molecule has 0 spiro atoms. The van der Waals surface area contributed by atoms with Crippen LogP contribution >= 0.6 is 15.9 Å². The van der Waals surface area contributed by atoms with Crippen LogP contribution in [0, 0.1) is 0 Å². The van der Waals surface area contributed by atoms with Crippen LogP contribution in [0.15, 0.2) is 22.7 Å². The number of hydrogen-bond acceptors (Lipinski definition) is 4. The van der Waals surface area contributed by atoms with E-state index in [9.17, 15) is 4.79 Å². The molecular weight excluding hydrogens is 286 g/mol. The Morgan fingerprint density at radius 2 is 2.12 bits per heavy atom. The molecule has 0 N–H and O–H groups in total. The number of rotatable bonds is 5. The zero-order valence-corrected chi connectivity index (χ0v) is 11.8.